The van der Waals surface area contributed by atoms with Gasteiger partial charge in [0, 0.05) is 35.5 Å². The number of halogens is 1. The molecule has 2 nitrogen and oxygen atoms in total. The summed E-state index contributed by atoms with van der Waals surface area (Å²) in [4.78, 5) is 0. The zero-order chi connectivity index (χ0) is 6.85. The maximum Gasteiger partial charge on any atom is 0.0567 e. The van der Waals surface area contributed by atoms with Gasteiger partial charge in [-0.25, -0.2) is 3.11 Å². The Hall–Kier alpha value is 0.650. The van der Waals surface area contributed by atoms with Crippen LogP contribution in [-0.2, 0) is 0 Å². The molecule has 3 heteroatoms. The van der Waals surface area contributed by atoms with Crippen LogP contribution in [0.1, 0.15) is 19.8 Å². The molecule has 1 aliphatic heterocycles. The first-order valence-electron chi connectivity index (χ1n) is 3.30. The van der Waals surface area contributed by atoms with E-state index in [-0.39, 0.29) is 6.10 Å². The van der Waals surface area contributed by atoms with Crippen molar-refractivity contribution in [3.8, 4) is 0 Å². The zero-order valence-corrected chi connectivity index (χ0v) is 7.71. The molecule has 1 heterocycles. The van der Waals surface area contributed by atoms with Crippen LogP contribution in [0.5, 0.6) is 0 Å². The molecule has 1 aliphatic rings. The van der Waals surface area contributed by atoms with Gasteiger partial charge in [-0.1, -0.05) is 0 Å². The largest absolute Gasteiger partial charge is 0.393 e. The first-order valence-corrected chi connectivity index (χ1v) is 4.27. The third kappa shape index (κ3) is 2.05. The summed E-state index contributed by atoms with van der Waals surface area (Å²) in [7, 11) is 0. The molecule has 9 heavy (non-hydrogen) atoms. The molecular formula is C6H12INO. The van der Waals surface area contributed by atoms with Crippen molar-refractivity contribution in [2.45, 2.75) is 31.9 Å². The Balaban J connectivity index is 2.35. The second kappa shape index (κ2) is 3.16. The molecule has 2 unspecified atom stereocenters. The van der Waals surface area contributed by atoms with Gasteiger partial charge in [0.05, 0.1) is 6.10 Å². The van der Waals surface area contributed by atoms with Crippen LogP contribution in [0.15, 0.2) is 0 Å². The van der Waals surface area contributed by atoms with Crippen LogP contribution in [0, 0.1) is 0 Å². The Labute approximate surface area is 69.7 Å². The highest BCUT2D eigenvalue weighted by Crippen LogP contribution is 2.19. The smallest absolute Gasteiger partial charge is 0.0567 e. The summed E-state index contributed by atoms with van der Waals surface area (Å²) in [6, 6.07) is 0.550. The molecule has 1 rings (SSSR count). The summed E-state index contributed by atoms with van der Waals surface area (Å²) in [6.45, 7) is 3.18. The highest BCUT2D eigenvalue weighted by molar-refractivity contribution is 14.1. The highest BCUT2D eigenvalue weighted by atomic mass is 127. The molecule has 0 radical (unpaired) electrons. The zero-order valence-electron chi connectivity index (χ0n) is 5.55. The van der Waals surface area contributed by atoms with E-state index in [9.17, 15) is 0 Å². The second-order valence-electron chi connectivity index (χ2n) is 2.65. The molecule has 0 aromatic rings. The van der Waals surface area contributed by atoms with E-state index in [4.69, 9.17) is 5.11 Å². The van der Waals surface area contributed by atoms with Crippen LogP contribution < -0.4 is 0 Å². The molecule has 0 bridgehead atoms. The van der Waals surface area contributed by atoms with Crippen LogP contribution in [-0.4, -0.2) is 26.9 Å². The van der Waals surface area contributed by atoms with E-state index >= 15 is 0 Å². The van der Waals surface area contributed by atoms with Crippen molar-refractivity contribution in [2.75, 3.05) is 6.54 Å². The molecule has 0 aromatic heterocycles. The van der Waals surface area contributed by atoms with E-state index < -0.39 is 0 Å². The van der Waals surface area contributed by atoms with Gasteiger partial charge in [-0.05, 0) is 19.8 Å². The van der Waals surface area contributed by atoms with E-state index in [2.05, 4.69) is 32.9 Å². The van der Waals surface area contributed by atoms with Crippen molar-refractivity contribution in [1.29, 1.82) is 0 Å². The minimum atomic E-state index is -0.0500. The Kier molecular flexibility index (Phi) is 2.73. The van der Waals surface area contributed by atoms with Crippen LogP contribution >= 0.6 is 22.9 Å². The Bertz CT molecular complexity index is 99.1. The van der Waals surface area contributed by atoms with Crippen LogP contribution in [0.4, 0.5) is 0 Å². The molecule has 0 amide bonds. The van der Waals surface area contributed by atoms with Gasteiger partial charge in [0.1, 0.15) is 0 Å². The Morgan fingerprint density at radius 2 is 2.33 bits per heavy atom. The number of nitrogens with zero attached hydrogens (tertiary/aromatic N) is 1. The molecule has 1 saturated heterocycles. The minimum absolute atomic E-state index is 0.0500. The molecule has 2 atom stereocenters. The number of hydrogen-bond donors (Lipinski definition) is 1. The van der Waals surface area contributed by atoms with Gasteiger partial charge < -0.3 is 5.11 Å². The standard InChI is InChI=1S/C6H12INO/c1-5-4-6(9)2-3-8(5)7/h5-6,9H,2-4H2,1H3. The summed E-state index contributed by atoms with van der Waals surface area (Å²) in [6.07, 6.45) is 1.82. The molecule has 1 N–H and O–H groups in total. The van der Waals surface area contributed by atoms with E-state index in [0.29, 0.717) is 6.04 Å². The summed E-state index contributed by atoms with van der Waals surface area (Å²) in [5.41, 5.74) is 0. The van der Waals surface area contributed by atoms with E-state index in [1.54, 1.807) is 0 Å². The molecule has 0 aliphatic carbocycles. The normalized spacial score (nSPS) is 39.0. The van der Waals surface area contributed by atoms with Gasteiger partial charge in [-0.15, -0.1) is 0 Å². The van der Waals surface area contributed by atoms with Crippen LogP contribution in [0.2, 0.25) is 0 Å². The van der Waals surface area contributed by atoms with Crippen LogP contribution in [0.3, 0.4) is 0 Å². The molecule has 0 spiro atoms. The van der Waals surface area contributed by atoms with Crippen molar-refractivity contribution in [1.82, 2.24) is 3.11 Å². The van der Waals surface area contributed by atoms with E-state index in [1.165, 1.54) is 0 Å². The van der Waals surface area contributed by atoms with Crippen molar-refractivity contribution < 1.29 is 5.11 Å². The average Bonchev–Trinajstić information content (AvgIpc) is 1.80. The average molecular weight is 241 g/mol. The number of piperidine rings is 1. The molecule has 0 aromatic carbocycles. The minimum Gasteiger partial charge on any atom is -0.393 e. The lowest BCUT2D eigenvalue weighted by molar-refractivity contribution is 0.0972. The van der Waals surface area contributed by atoms with Gasteiger partial charge in [-0.2, -0.15) is 0 Å². The van der Waals surface area contributed by atoms with Crippen LogP contribution in [0.25, 0.3) is 0 Å². The van der Waals surface area contributed by atoms with Gasteiger partial charge in [0.2, 0.25) is 0 Å². The van der Waals surface area contributed by atoms with Gasteiger partial charge >= 0.3 is 0 Å². The lowest BCUT2D eigenvalue weighted by Crippen LogP contribution is -2.35. The third-order valence-electron chi connectivity index (χ3n) is 1.77. The summed E-state index contributed by atoms with van der Waals surface area (Å²) < 4.78 is 2.25. The number of hydrogen-bond acceptors (Lipinski definition) is 2. The summed E-state index contributed by atoms with van der Waals surface area (Å²) in [5.74, 6) is 0. The Morgan fingerprint density at radius 1 is 1.67 bits per heavy atom. The first-order chi connectivity index (χ1) is 4.20. The van der Waals surface area contributed by atoms with Crippen molar-refractivity contribution in [3.05, 3.63) is 0 Å². The quantitative estimate of drug-likeness (QED) is 0.508. The fourth-order valence-corrected chi connectivity index (χ4v) is 1.62. The molecule has 0 saturated carbocycles. The molecule has 54 valence electrons. The summed E-state index contributed by atoms with van der Waals surface area (Å²) in [5, 5.41) is 9.17. The lowest BCUT2D eigenvalue weighted by Gasteiger charge is -2.30. The predicted molar refractivity (Wildman–Crippen MR) is 45.4 cm³/mol. The van der Waals surface area contributed by atoms with E-state index in [1.807, 2.05) is 0 Å². The maximum atomic E-state index is 9.17. The highest BCUT2D eigenvalue weighted by Gasteiger charge is 2.21. The lowest BCUT2D eigenvalue weighted by atomic mass is 10.0. The third-order valence-corrected chi connectivity index (χ3v) is 3.20. The SMILES string of the molecule is CC1CC(O)CCN1I. The van der Waals surface area contributed by atoms with Crippen molar-refractivity contribution >= 4 is 22.9 Å². The van der Waals surface area contributed by atoms with Gasteiger partial charge in [0.25, 0.3) is 0 Å². The maximum absolute atomic E-state index is 9.17. The second-order valence-corrected chi connectivity index (χ2v) is 3.89. The number of aliphatic hydroxyl groups is 1. The predicted octanol–water partition coefficient (Wildman–Crippen LogP) is 1.18. The molecular weight excluding hydrogens is 229 g/mol. The van der Waals surface area contributed by atoms with E-state index in [0.717, 1.165) is 19.4 Å². The number of aliphatic hydroxyl groups excluding tert-OH is 1. The topological polar surface area (TPSA) is 23.5 Å². The van der Waals surface area contributed by atoms with Gasteiger partial charge in [-0.3, -0.25) is 0 Å². The Morgan fingerprint density at radius 3 is 2.78 bits per heavy atom. The van der Waals surface area contributed by atoms with Gasteiger partial charge in [0.15, 0.2) is 0 Å². The van der Waals surface area contributed by atoms with Crippen molar-refractivity contribution in [2.24, 2.45) is 0 Å². The molecule has 1 fully saturated rings. The first kappa shape index (κ1) is 7.75. The monoisotopic (exact) mass is 241 g/mol. The summed E-state index contributed by atoms with van der Waals surface area (Å²) >= 11 is 2.31. The fraction of sp³-hybridized carbons (Fsp3) is 1.00. The number of rotatable bonds is 0. The fourth-order valence-electron chi connectivity index (χ4n) is 1.12. The van der Waals surface area contributed by atoms with Crippen molar-refractivity contribution in [3.63, 3.8) is 0 Å².